The minimum atomic E-state index is -0.670. The fourth-order valence-electron chi connectivity index (χ4n) is 5.24. The Morgan fingerprint density at radius 3 is 2.38 bits per heavy atom. The van der Waals surface area contributed by atoms with Crippen molar-refractivity contribution in [3.05, 3.63) is 136 Å². The number of hydrogen-bond acceptors (Lipinski definition) is 3. The highest BCUT2D eigenvalue weighted by atomic mass is 16.5. The second-order valence-electron chi connectivity index (χ2n) is 10.3. The number of carbonyl (C=O) groups excluding carboxylic acids is 2. The Bertz CT molecular complexity index is 1480. The first-order valence-electron chi connectivity index (χ1n) is 13.4. The lowest BCUT2D eigenvalue weighted by Crippen LogP contribution is -2.40. The zero-order chi connectivity index (χ0) is 27.4. The van der Waals surface area contributed by atoms with E-state index in [4.69, 9.17) is 4.74 Å². The molecule has 0 bridgehead atoms. The summed E-state index contributed by atoms with van der Waals surface area (Å²) in [5, 5.41) is 2.97. The Hall–Kier alpha value is -4.38. The van der Waals surface area contributed by atoms with Crippen LogP contribution in [0.1, 0.15) is 56.7 Å². The van der Waals surface area contributed by atoms with E-state index in [-0.39, 0.29) is 17.9 Å². The van der Waals surface area contributed by atoms with Gasteiger partial charge in [-0.1, -0.05) is 83.9 Å². The van der Waals surface area contributed by atoms with Crippen molar-refractivity contribution in [2.24, 2.45) is 0 Å². The molecule has 2 amide bonds. The molecule has 5 nitrogen and oxygen atoms in total. The van der Waals surface area contributed by atoms with Gasteiger partial charge in [0.15, 0.2) is 6.10 Å². The minimum Gasteiger partial charge on any atom is -0.481 e. The maximum Gasteiger partial charge on any atom is 0.261 e. The highest BCUT2D eigenvalue weighted by molar-refractivity contribution is 5.95. The maximum absolute atomic E-state index is 13.7. The molecule has 0 spiro atoms. The third kappa shape index (κ3) is 6.04. The number of nitrogens with zero attached hydrogens (tertiary/aromatic N) is 1. The highest BCUT2D eigenvalue weighted by Crippen LogP contribution is 2.38. The van der Waals surface area contributed by atoms with Crippen molar-refractivity contribution in [1.82, 2.24) is 10.2 Å². The normalized spacial score (nSPS) is 15.3. The fraction of sp³-hybridized carbons (Fsp3) is 0.235. The van der Waals surface area contributed by atoms with Crippen molar-refractivity contribution in [2.75, 3.05) is 6.54 Å². The smallest absolute Gasteiger partial charge is 0.261 e. The molecule has 4 aromatic carbocycles. The van der Waals surface area contributed by atoms with Gasteiger partial charge in [0.1, 0.15) is 5.75 Å². The van der Waals surface area contributed by atoms with Crippen LogP contribution in [-0.2, 0) is 17.8 Å². The number of carbonyl (C=O) groups is 2. The molecule has 0 saturated carbocycles. The molecule has 5 rings (SSSR count). The summed E-state index contributed by atoms with van der Waals surface area (Å²) in [7, 11) is 0. The Morgan fingerprint density at radius 1 is 0.897 bits per heavy atom. The number of aryl methyl sites for hydroxylation is 2. The standard InChI is InChI=1S/C34H34N2O3/c1-23-9-7-11-26(19-23)22-35-33(37)25(3)39-30-16-15-27-17-18-36(34(38)28-12-5-4-6-13-28)32(31(27)21-30)29-14-8-10-24(2)20-29/h4-16,19-21,25,32H,17-18,22H2,1-3H3,(H,35,37). The summed E-state index contributed by atoms with van der Waals surface area (Å²) in [4.78, 5) is 28.5. The lowest BCUT2D eigenvalue weighted by molar-refractivity contribution is -0.127. The van der Waals surface area contributed by atoms with E-state index in [0.717, 1.165) is 34.2 Å². The monoisotopic (exact) mass is 518 g/mol. The second kappa shape index (κ2) is 11.6. The van der Waals surface area contributed by atoms with Gasteiger partial charge in [0.05, 0.1) is 6.04 Å². The largest absolute Gasteiger partial charge is 0.481 e. The topological polar surface area (TPSA) is 58.6 Å². The molecule has 0 aliphatic carbocycles. The number of benzene rings is 4. The molecule has 1 aliphatic rings. The maximum atomic E-state index is 13.7. The molecular formula is C34H34N2O3. The third-order valence-corrected chi connectivity index (χ3v) is 7.22. The van der Waals surface area contributed by atoms with Gasteiger partial charge in [0.2, 0.25) is 0 Å². The average Bonchev–Trinajstić information content (AvgIpc) is 2.95. The van der Waals surface area contributed by atoms with Crippen LogP contribution in [0.15, 0.2) is 97.1 Å². The summed E-state index contributed by atoms with van der Waals surface area (Å²) in [6.45, 7) is 6.93. The molecule has 5 heteroatoms. The first-order chi connectivity index (χ1) is 18.9. The summed E-state index contributed by atoms with van der Waals surface area (Å²) in [5.74, 6) is 0.437. The summed E-state index contributed by atoms with van der Waals surface area (Å²) in [6.07, 6.45) is 0.0826. The zero-order valence-electron chi connectivity index (χ0n) is 22.7. The van der Waals surface area contributed by atoms with E-state index >= 15 is 0 Å². The van der Waals surface area contributed by atoms with Gasteiger partial charge in [-0.2, -0.15) is 0 Å². The molecule has 2 atom stereocenters. The predicted molar refractivity (Wildman–Crippen MR) is 154 cm³/mol. The average molecular weight is 519 g/mol. The SMILES string of the molecule is Cc1cccc(CNC(=O)C(C)Oc2ccc3c(c2)C(c2cccc(C)c2)N(C(=O)c2ccccc2)CC3)c1. The van der Waals surface area contributed by atoms with Gasteiger partial charge in [-0.25, -0.2) is 0 Å². The first kappa shape index (κ1) is 26.2. The lowest BCUT2D eigenvalue weighted by atomic mass is 9.87. The number of rotatable bonds is 7. The van der Waals surface area contributed by atoms with Crippen LogP contribution in [0, 0.1) is 13.8 Å². The van der Waals surface area contributed by atoms with Gasteiger partial charge in [-0.05, 0) is 73.7 Å². The highest BCUT2D eigenvalue weighted by Gasteiger charge is 2.33. The van der Waals surface area contributed by atoms with Crippen LogP contribution < -0.4 is 10.1 Å². The fourth-order valence-corrected chi connectivity index (χ4v) is 5.24. The van der Waals surface area contributed by atoms with Gasteiger partial charge in [-0.15, -0.1) is 0 Å². The molecule has 0 saturated heterocycles. The second-order valence-corrected chi connectivity index (χ2v) is 10.3. The van der Waals surface area contributed by atoms with Crippen LogP contribution in [0.4, 0.5) is 0 Å². The van der Waals surface area contributed by atoms with Gasteiger partial charge >= 0.3 is 0 Å². The number of fused-ring (bicyclic) bond motifs is 1. The van der Waals surface area contributed by atoms with E-state index < -0.39 is 6.10 Å². The predicted octanol–water partition coefficient (Wildman–Crippen LogP) is 6.18. The minimum absolute atomic E-state index is 0.00275. The van der Waals surface area contributed by atoms with E-state index in [0.29, 0.717) is 24.4 Å². The van der Waals surface area contributed by atoms with Gasteiger partial charge in [-0.3, -0.25) is 9.59 Å². The van der Waals surface area contributed by atoms with Gasteiger partial charge < -0.3 is 15.0 Å². The molecule has 1 N–H and O–H groups in total. The Morgan fingerprint density at radius 2 is 1.64 bits per heavy atom. The summed E-state index contributed by atoms with van der Waals surface area (Å²) in [5.41, 5.74) is 7.28. The first-order valence-corrected chi connectivity index (χ1v) is 13.4. The van der Waals surface area contributed by atoms with Crippen molar-refractivity contribution in [2.45, 2.75) is 45.9 Å². The Balaban J connectivity index is 1.40. The Labute approximate surface area is 230 Å². The molecule has 1 heterocycles. The van der Waals surface area contributed by atoms with Crippen LogP contribution in [0.5, 0.6) is 5.75 Å². The molecule has 1 aliphatic heterocycles. The van der Waals surface area contributed by atoms with E-state index in [9.17, 15) is 9.59 Å². The van der Waals surface area contributed by atoms with Crippen LogP contribution in [0.25, 0.3) is 0 Å². The molecular weight excluding hydrogens is 484 g/mol. The Kier molecular flexibility index (Phi) is 7.78. The van der Waals surface area contributed by atoms with Crippen molar-refractivity contribution in [1.29, 1.82) is 0 Å². The van der Waals surface area contributed by atoms with E-state index in [2.05, 4.69) is 42.6 Å². The van der Waals surface area contributed by atoms with Crippen molar-refractivity contribution in [3.63, 3.8) is 0 Å². The molecule has 198 valence electrons. The van der Waals surface area contributed by atoms with Crippen molar-refractivity contribution >= 4 is 11.8 Å². The summed E-state index contributed by atoms with van der Waals surface area (Å²) < 4.78 is 6.13. The summed E-state index contributed by atoms with van der Waals surface area (Å²) in [6, 6.07) is 31.5. The number of amides is 2. The van der Waals surface area contributed by atoms with Crippen LogP contribution in [-0.4, -0.2) is 29.4 Å². The van der Waals surface area contributed by atoms with E-state index in [1.807, 2.05) is 78.6 Å². The van der Waals surface area contributed by atoms with Crippen molar-refractivity contribution in [3.8, 4) is 5.75 Å². The van der Waals surface area contributed by atoms with Crippen LogP contribution in [0.2, 0.25) is 0 Å². The lowest BCUT2D eigenvalue weighted by Gasteiger charge is -2.38. The van der Waals surface area contributed by atoms with Crippen molar-refractivity contribution < 1.29 is 14.3 Å². The quantitative estimate of drug-likeness (QED) is 0.318. The molecule has 0 aromatic heterocycles. The molecule has 0 fully saturated rings. The molecule has 4 aromatic rings. The van der Waals surface area contributed by atoms with Gasteiger partial charge in [0, 0.05) is 18.7 Å². The third-order valence-electron chi connectivity index (χ3n) is 7.22. The van der Waals surface area contributed by atoms with Crippen LogP contribution >= 0.6 is 0 Å². The molecule has 2 unspecified atom stereocenters. The van der Waals surface area contributed by atoms with E-state index in [1.165, 1.54) is 5.56 Å². The number of nitrogens with one attached hydrogen (secondary N) is 1. The summed E-state index contributed by atoms with van der Waals surface area (Å²) >= 11 is 0. The molecule has 0 radical (unpaired) electrons. The van der Waals surface area contributed by atoms with E-state index in [1.54, 1.807) is 6.92 Å². The zero-order valence-corrected chi connectivity index (χ0v) is 22.7. The van der Waals surface area contributed by atoms with Gasteiger partial charge in [0.25, 0.3) is 11.8 Å². The van der Waals surface area contributed by atoms with Crippen LogP contribution in [0.3, 0.4) is 0 Å². The number of ether oxygens (including phenoxy) is 1. The number of hydrogen-bond donors (Lipinski definition) is 1. The molecule has 39 heavy (non-hydrogen) atoms.